The lowest BCUT2D eigenvalue weighted by Gasteiger charge is -2.28. The minimum Gasteiger partial charge on any atom is -0.337 e. The number of benzene rings is 4. The number of nitrogens with zero attached hydrogens (tertiary/aromatic N) is 2. The fourth-order valence-corrected chi connectivity index (χ4v) is 4.98. The second-order valence-electron chi connectivity index (χ2n) is 9.62. The lowest BCUT2D eigenvalue weighted by atomic mass is 9.82. The summed E-state index contributed by atoms with van der Waals surface area (Å²) in [5.41, 5.74) is 1.26. The molecule has 0 aromatic heterocycles. The molecule has 0 atom stereocenters. The van der Waals surface area contributed by atoms with Crippen molar-refractivity contribution in [3.8, 4) is 0 Å². The van der Waals surface area contributed by atoms with E-state index in [1.54, 1.807) is 48.3 Å². The number of guanidine groups is 1. The molecule has 2 N–H and O–H groups in total. The molecular weight excluding hydrogens is 534 g/mol. The zero-order chi connectivity index (χ0) is 28.4. The molecule has 1 aliphatic heterocycles. The summed E-state index contributed by atoms with van der Waals surface area (Å²) in [6, 6.07) is 24.9. The highest BCUT2D eigenvalue weighted by Gasteiger charge is 2.52. The highest BCUT2D eigenvalue weighted by atomic mass is 35.5. The Morgan fingerprint density at radius 1 is 0.900 bits per heavy atom. The van der Waals surface area contributed by atoms with Crippen LogP contribution in [0.5, 0.6) is 0 Å². The van der Waals surface area contributed by atoms with Crippen LogP contribution in [0.4, 0.5) is 8.78 Å². The van der Waals surface area contributed by atoms with Crippen molar-refractivity contribution in [2.45, 2.75) is 18.6 Å². The van der Waals surface area contributed by atoms with E-state index in [0.29, 0.717) is 33.8 Å². The van der Waals surface area contributed by atoms with Gasteiger partial charge in [-0.25, -0.2) is 8.78 Å². The van der Waals surface area contributed by atoms with Gasteiger partial charge in [0.25, 0.3) is 11.8 Å². The van der Waals surface area contributed by atoms with Gasteiger partial charge in [-0.05, 0) is 70.8 Å². The second-order valence-corrected chi connectivity index (χ2v) is 10.1. The van der Waals surface area contributed by atoms with Gasteiger partial charge >= 0.3 is 0 Å². The zero-order valence-electron chi connectivity index (χ0n) is 21.5. The fourth-order valence-electron chi connectivity index (χ4n) is 4.85. The molecule has 6 nitrogen and oxygen atoms in total. The lowest BCUT2D eigenvalue weighted by Crippen LogP contribution is -2.45. The summed E-state index contributed by atoms with van der Waals surface area (Å²) in [5, 5.41) is 12.2. The molecule has 4 aromatic rings. The van der Waals surface area contributed by atoms with Gasteiger partial charge in [0.15, 0.2) is 11.5 Å². The molecule has 1 heterocycles. The minimum absolute atomic E-state index is 0.0107. The summed E-state index contributed by atoms with van der Waals surface area (Å²) >= 11 is 5.96. The van der Waals surface area contributed by atoms with Crippen molar-refractivity contribution in [3.05, 3.63) is 142 Å². The maximum Gasteiger partial charge on any atom is 0.264 e. The number of carbonyl (C=O) groups is 2. The number of hydrogen-bond donors (Lipinski definition) is 2. The highest BCUT2D eigenvalue weighted by Crippen LogP contribution is 2.36. The molecule has 5 rings (SSSR count). The first kappa shape index (κ1) is 27.0. The molecule has 0 radical (unpaired) electrons. The number of hydrogen-bond acceptors (Lipinski definition) is 3. The lowest BCUT2D eigenvalue weighted by molar-refractivity contribution is -0.130. The molecule has 0 saturated carbocycles. The first-order chi connectivity index (χ1) is 19.2. The average Bonchev–Trinajstić information content (AvgIpc) is 3.20. The van der Waals surface area contributed by atoms with Crippen LogP contribution in [0.1, 0.15) is 32.6 Å². The molecule has 4 aromatic carbocycles. The van der Waals surface area contributed by atoms with E-state index in [4.69, 9.17) is 17.0 Å². The van der Waals surface area contributed by atoms with E-state index in [2.05, 4.69) is 5.32 Å². The smallest absolute Gasteiger partial charge is 0.264 e. The van der Waals surface area contributed by atoms with E-state index in [1.807, 2.05) is 12.1 Å². The summed E-state index contributed by atoms with van der Waals surface area (Å²) in [4.78, 5) is 30.0. The van der Waals surface area contributed by atoms with Gasteiger partial charge in [-0.1, -0.05) is 60.1 Å². The summed E-state index contributed by atoms with van der Waals surface area (Å²) in [6.45, 7) is 0.397. The van der Waals surface area contributed by atoms with Gasteiger partial charge in [0, 0.05) is 24.2 Å². The van der Waals surface area contributed by atoms with Crippen LogP contribution in [0.25, 0.3) is 0 Å². The average molecular weight is 559 g/mol. The van der Waals surface area contributed by atoms with Crippen molar-refractivity contribution in [1.29, 1.82) is 5.41 Å². The standard InChI is InChI=1S/C31H25ClF2N4O2/c1-37(18-20-5-11-25(32)12-6-20)28(39)22-4-2-3-21(17-22)19-38-29(40)31(36-30(38)35,23-7-13-26(33)14-8-23)24-9-15-27(34)16-10-24/h2-17H,18-19H2,1H3,(H2,35,36). The number of amides is 2. The molecule has 0 bridgehead atoms. The third-order valence-corrected chi connectivity index (χ3v) is 7.14. The Kier molecular flexibility index (Phi) is 7.36. The molecule has 1 fully saturated rings. The SMILES string of the molecule is CN(Cc1ccc(Cl)cc1)C(=O)c1cccc(CN2C(=N)NC(c3ccc(F)cc3)(c3ccc(F)cc3)C2=O)c1. The van der Waals surface area contributed by atoms with Gasteiger partial charge in [0.2, 0.25) is 0 Å². The van der Waals surface area contributed by atoms with Crippen molar-refractivity contribution < 1.29 is 18.4 Å². The van der Waals surface area contributed by atoms with E-state index < -0.39 is 23.1 Å². The summed E-state index contributed by atoms with van der Waals surface area (Å²) in [7, 11) is 1.70. The molecule has 0 unspecified atom stereocenters. The van der Waals surface area contributed by atoms with Crippen LogP contribution in [0.15, 0.2) is 97.1 Å². The third-order valence-electron chi connectivity index (χ3n) is 6.89. The van der Waals surface area contributed by atoms with Crippen LogP contribution in [0.3, 0.4) is 0 Å². The molecule has 0 aliphatic carbocycles. The van der Waals surface area contributed by atoms with Crippen molar-refractivity contribution in [1.82, 2.24) is 15.1 Å². The monoisotopic (exact) mass is 558 g/mol. The molecule has 1 saturated heterocycles. The van der Waals surface area contributed by atoms with Gasteiger partial charge < -0.3 is 10.2 Å². The van der Waals surface area contributed by atoms with Crippen LogP contribution >= 0.6 is 11.6 Å². The first-order valence-electron chi connectivity index (χ1n) is 12.5. The number of nitrogens with one attached hydrogen (secondary N) is 2. The highest BCUT2D eigenvalue weighted by molar-refractivity contribution is 6.30. The van der Waals surface area contributed by atoms with E-state index in [9.17, 15) is 18.4 Å². The van der Waals surface area contributed by atoms with Crippen LogP contribution in [-0.2, 0) is 23.4 Å². The largest absolute Gasteiger partial charge is 0.337 e. The van der Waals surface area contributed by atoms with Gasteiger partial charge in [-0.2, -0.15) is 0 Å². The van der Waals surface area contributed by atoms with E-state index >= 15 is 0 Å². The van der Waals surface area contributed by atoms with Crippen LogP contribution < -0.4 is 5.32 Å². The number of carbonyl (C=O) groups excluding carboxylic acids is 2. The van der Waals surface area contributed by atoms with E-state index in [-0.39, 0.29) is 18.4 Å². The van der Waals surface area contributed by atoms with Gasteiger partial charge in [-0.3, -0.25) is 19.9 Å². The van der Waals surface area contributed by atoms with Gasteiger partial charge in [0.1, 0.15) is 11.6 Å². The van der Waals surface area contributed by atoms with Crippen LogP contribution in [0.2, 0.25) is 5.02 Å². The molecule has 40 heavy (non-hydrogen) atoms. The zero-order valence-corrected chi connectivity index (χ0v) is 22.3. The predicted octanol–water partition coefficient (Wildman–Crippen LogP) is 5.70. The normalized spacial score (nSPS) is 14.2. The number of halogens is 3. The quantitative estimate of drug-likeness (QED) is 0.305. The molecule has 202 valence electrons. The van der Waals surface area contributed by atoms with Crippen LogP contribution in [0, 0.1) is 17.0 Å². The third kappa shape index (κ3) is 5.18. The Morgan fingerprint density at radius 3 is 2.05 bits per heavy atom. The summed E-state index contributed by atoms with van der Waals surface area (Å²) in [6.07, 6.45) is 0. The maximum absolute atomic E-state index is 14.0. The first-order valence-corrected chi connectivity index (χ1v) is 12.8. The van der Waals surface area contributed by atoms with Gasteiger partial charge in [0.05, 0.1) is 6.54 Å². The predicted molar refractivity (Wildman–Crippen MR) is 149 cm³/mol. The summed E-state index contributed by atoms with van der Waals surface area (Å²) in [5.74, 6) is -1.80. The second kappa shape index (κ2) is 10.9. The molecular formula is C31H25ClF2N4O2. The Morgan fingerprint density at radius 2 is 1.48 bits per heavy atom. The Balaban J connectivity index is 1.41. The Labute approximate surface area is 235 Å². The molecule has 2 amide bonds. The van der Waals surface area contributed by atoms with E-state index in [1.165, 1.54) is 53.4 Å². The van der Waals surface area contributed by atoms with Crippen LogP contribution in [-0.4, -0.2) is 34.6 Å². The van der Waals surface area contributed by atoms with E-state index in [0.717, 1.165) is 5.56 Å². The topological polar surface area (TPSA) is 76.5 Å². The van der Waals surface area contributed by atoms with Crippen molar-refractivity contribution in [3.63, 3.8) is 0 Å². The molecule has 1 aliphatic rings. The Hall–Kier alpha value is -4.56. The molecule has 0 spiro atoms. The number of rotatable bonds is 7. The van der Waals surface area contributed by atoms with Crippen molar-refractivity contribution in [2.75, 3.05) is 7.05 Å². The molecule has 9 heteroatoms. The van der Waals surface area contributed by atoms with Crippen molar-refractivity contribution in [2.24, 2.45) is 0 Å². The Bertz CT molecular complexity index is 1530. The van der Waals surface area contributed by atoms with Gasteiger partial charge in [-0.15, -0.1) is 0 Å². The minimum atomic E-state index is -1.55. The van der Waals surface area contributed by atoms with Crippen molar-refractivity contribution >= 4 is 29.4 Å². The summed E-state index contributed by atoms with van der Waals surface area (Å²) < 4.78 is 27.5. The fraction of sp³-hybridized carbons (Fsp3) is 0.129. The maximum atomic E-state index is 14.0.